The lowest BCUT2D eigenvalue weighted by Gasteiger charge is -2.36. The van der Waals surface area contributed by atoms with Gasteiger partial charge in [0.15, 0.2) is 5.96 Å². The standard InChI is InChI=1S/C20H20F2N6O/c21-15-4-6-17(7-5-15)27-8-10-28(11-9-27)20(23)24-13-18-25-19(26-29-18)14-2-1-3-16(22)12-14/h1-7,12H,8-11,13H2,(H2,23,24). The average Bonchev–Trinajstić information content (AvgIpc) is 3.22. The van der Waals surface area contributed by atoms with Crippen LogP contribution in [0.25, 0.3) is 11.4 Å². The summed E-state index contributed by atoms with van der Waals surface area (Å²) >= 11 is 0. The lowest BCUT2D eigenvalue weighted by molar-refractivity contribution is 0.370. The second-order valence-corrected chi connectivity index (χ2v) is 6.65. The fraction of sp³-hybridized carbons (Fsp3) is 0.250. The first-order valence-corrected chi connectivity index (χ1v) is 9.22. The smallest absolute Gasteiger partial charge is 0.248 e. The SMILES string of the molecule is NC(=NCc1nc(-c2cccc(F)c2)no1)N1CCN(c2ccc(F)cc2)CC1. The van der Waals surface area contributed by atoms with Crippen LogP contribution in [0, 0.1) is 11.6 Å². The van der Waals surface area contributed by atoms with Gasteiger partial charge in [-0.05, 0) is 36.4 Å². The van der Waals surface area contributed by atoms with Crippen molar-refractivity contribution in [1.82, 2.24) is 15.0 Å². The van der Waals surface area contributed by atoms with Crippen molar-refractivity contribution in [3.63, 3.8) is 0 Å². The van der Waals surface area contributed by atoms with Crippen LogP contribution in [0.2, 0.25) is 0 Å². The van der Waals surface area contributed by atoms with E-state index in [4.69, 9.17) is 10.3 Å². The first-order valence-electron chi connectivity index (χ1n) is 9.22. The van der Waals surface area contributed by atoms with E-state index in [9.17, 15) is 8.78 Å². The molecule has 1 aliphatic rings. The molecule has 0 unspecified atom stereocenters. The van der Waals surface area contributed by atoms with E-state index < -0.39 is 0 Å². The molecule has 29 heavy (non-hydrogen) atoms. The normalized spacial score (nSPS) is 15.0. The molecule has 2 aromatic carbocycles. The van der Waals surface area contributed by atoms with E-state index in [1.54, 1.807) is 24.3 Å². The van der Waals surface area contributed by atoms with Crippen molar-refractivity contribution in [3.8, 4) is 11.4 Å². The van der Waals surface area contributed by atoms with Crippen molar-refractivity contribution in [2.24, 2.45) is 10.7 Å². The average molecular weight is 398 g/mol. The number of rotatable bonds is 4. The maximum atomic E-state index is 13.3. The Bertz CT molecular complexity index is 996. The highest BCUT2D eigenvalue weighted by molar-refractivity contribution is 5.78. The van der Waals surface area contributed by atoms with Crippen molar-refractivity contribution in [3.05, 3.63) is 66.1 Å². The number of aromatic nitrogens is 2. The van der Waals surface area contributed by atoms with Gasteiger partial charge < -0.3 is 20.1 Å². The van der Waals surface area contributed by atoms with Crippen LogP contribution in [0.15, 0.2) is 58.0 Å². The minimum Gasteiger partial charge on any atom is -0.370 e. The van der Waals surface area contributed by atoms with Gasteiger partial charge in [0.1, 0.15) is 18.2 Å². The van der Waals surface area contributed by atoms with E-state index in [2.05, 4.69) is 20.0 Å². The van der Waals surface area contributed by atoms with E-state index >= 15 is 0 Å². The Morgan fingerprint density at radius 2 is 1.79 bits per heavy atom. The third-order valence-corrected chi connectivity index (χ3v) is 4.72. The number of guanidine groups is 1. The van der Waals surface area contributed by atoms with Gasteiger partial charge in [-0.25, -0.2) is 13.8 Å². The summed E-state index contributed by atoms with van der Waals surface area (Å²) in [7, 11) is 0. The quantitative estimate of drug-likeness (QED) is 0.537. The van der Waals surface area contributed by atoms with Crippen molar-refractivity contribution >= 4 is 11.6 Å². The first-order chi connectivity index (χ1) is 14.1. The van der Waals surface area contributed by atoms with E-state index in [0.717, 1.165) is 18.8 Å². The maximum Gasteiger partial charge on any atom is 0.248 e. The number of hydrogen-bond acceptors (Lipinski definition) is 5. The molecule has 0 bridgehead atoms. The Morgan fingerprint density at radius 3 is 2.52 bits per heavy atom. The number of nitrogens with two attached hydrogens (primary N) is 1. The summed E-state index contributed by atoms with van der Waals surface area (Å²) in [6.45, 7) is 3.06. The summed E-state index contributed by atoms with van der Waals surface area (Å²) in [5, 5.41) is 3.86. The molecule has 0 atom stereocenters. The summed E-state index contributed by atoms with van der Waals surface area (Å²) in [6, 6.07) is 12.4. The van der Waals surface area contributed by atoms with Gasteiger partial charge in [-0.15, -0.1) is 0 Å². The molecule has 1 saturated heterocycles. The zero-order valence-corrected chi connectivity index (χ0v) is 15.6. The van der Waals surface area contributed by atoms with Crippen LogP contribution < -0.4 is 10.6 Å². The van der Waals surface area contributed by atoms with Gasteiger partial charge in [0.25, 0.3) is 0 Å². The van der Waals surface area contributed by atoms with Gasteiger partial charge in [0.05, 0.1) is 0 Å². The molecule has 2 heterocycles. The number of halogens is 2. The minimum absolute atomic E-state index is 0.145. The molecule has 0 amide bonds. The summed E-state index contributed by atoms with van der Waals surface area (Å²) in [6.07, 6.45) is 0. The number of benzene rings is 2. The molecular formula is C20H20F2N6O. The van der Waals surface area contributed by atoms with Crippen LogP contribution in [0.4, 0.5) is 14.5 Å². The Kier molecular flexibility index (Phi) is 5.37. The zero-order chi connectivity index (χ0) is 20.2. The van der Waals surface area contributed by atoms with Crippen LogP contribution in [-0.4, -0.2) is 47.2 Å². The summed E-state index contributed by atoms with van der Waals surface area (Å²) in [4.78, 5) is 12.7. The molecule has 0 spiro atoms. The molecule has 3 aromatic rings. The van der Waals surface area contributed by atoms with Crippen LogP contribution in [0.1, 0.15) is 5.89 Å². The Morgan fingerprint density at radius 1 is 1.03 bits per heavy atom. The fourth-order valence-electron chi connectivity index (χ4n) is 3.16. The van der Waals surface area contributed by atoms with Crippen LogP contribution >= 0.6 is 0 Å². The molecular weight excluding hydrogens is 378 g/mol. The van der Waals surface area contributed by atoms with Gasteiger partial charge in [-0.1, -0.05) is 17.3 Å². The molecule has 9 heteroatoms. The molecule has 0 radical (unpaired) electrons. The second kappa shape index (κ2) is 8.26. The third kappa shape index (κ3) is 4.50. The predicted octanol–water partition coefficient (Wildman–Crippen LogP) is 2.65. The summed E-state index contributed by atoms with van der Waals surface area (Å²) in [5.41, 5.74) is 7.63. The number of piperazine rings is 1. The fourth-order valence-corrected chi connectivity index (χ4v) is 3.16. The van der Waals surface area contributed by atoms with E-state index in [1.165, 1.54) is 24.3 Å². The topological polar surface area (TPSA) is 83.8 Å². The Labute approximate surface area is 166 Å². The number of aliphatic imine (C=N–C) groups is 1. The van der Waals surface area contributed by atoms with Gasteiger partial charge >= 0.3 is 0 Å². The first kappa shape index (κ1) is 18.9. The van der Waals surface area contributed by atoms with Crippen LogP contribution in [-0.2, 0) is 6.54 Å². The van der Waals surface area contributed by atoms with Crippen molar-refractivity contribution < 1.29 is 13.3 Å². The lowest BCUT2D eigenvalue weighted by atomic mass is 10.2. The van der Waals surface area contributed by atoms with Gasteiger partial charge in [-0.3, -0.25) is 0 Å². The zero-order valence-electron chi connectivity index (χ0n) is 15.6. The predicted molar refractivity (Wildman–Crippen MR) is 105 cm³/mol. The maximum absolute atomic E-state index is 13.3. The third-order valence-electron chi connectivity index (χ3n) is 4.72. The molecule has 4 rings (SSSR count). The molecule has 1 aliphatic heterocycles. The highest BCUT2D eigenvalue weighted by atomic mass is 19.1. The second-order valence-electron chi connectivity index (χ2n) is 6.65. The number of hydrogen-bond donors (Lipinski definition) is 1. The molecule has 150 valence electrons. The molecule has 1 fully saturated rings. The highest BCUT2D eigenvalue weighted by Gasteiger charge is 2.19. The molecule has 0 saturated carbocycles. The molecule has 7 nitrogen and oxygen atoms in total. The van der Waals surface area contributed by atoms with Gasteiger partial charge in [-0.2, -0.15) is 4.98 Å². The molecule has 2 N–H and O–H groups in total. The molecule has 0 aliphatic carbocycles. The summed E-state index contributed by atoms with van der Waals surface area (Å²) in [5.74, 6) is 0.397. The molecule has 1 aromatic heterocycles. The monoisotopic (exact) mass is 398 g/mol. The largest absolute Gasteiger partial charge is 0.370 e. The van der Waals surface area contributed by atoms with Crippen molar-refractivity contribution in [1.29, 1.82) is 0 Å². The highest BCUT2D eigenvalue weighted by Crippen LogP contribution is 2.18. The van der Waals surface area contributed by atoms with E-state index in [-0.39, 0.29) is 18.2 Å². The van der Waals surface area contributed by atoms with E-state index in [0.29, 0.717) is 36.3 Å². The van der Waals surface area contributed by atoms with Gasteiger partial charge in [0, 0.05) is 37.4 Å². The van der Waals surface area contributed by atoms with Gasteiger partial charge in [0.2, 0.25) is 11.7 Å². The Hall–Kier alpha value is -3.49. The van der Waals surface area contributed by atoms with Crippen molar-refractivity contribution in [2.45, 2.75) is 6.54 Å². The Balaban J connectivity index is 1.33. The van der Waals surface area contributed by atoms with E-state index in [1.807, 2.05) is 4.90 Å². The van der Waals surface area contributed by atoms with Crippen LogP contribution in [0.3, 0.4) is 0 Å². The lowest BCUT2D eigenvalue weighted by Crippen LogP contribution is -2.51. The number of nitrogens with zero attached hydrogens (tertiary/aromatic N) is 5. The summed E-state index contributed by atoms with van der Waals surface area (Å²) < 4.78 is 31.6. The minimum atomic E-state index is -0.365. The van der Waals surface area contributed by atoms with Crippen LogP contribution in [0.5, 0.6) is 0 Å². The van der Waals surface area contributed by atoms with Crippen molar-refractivity contribution in [2.75, 3.05) is 31.1 Å². The number of anilines is 1.